The molecule has 0 unspecified atom stereocenters. The van der Waals surface area contributed by atoms with Gasteiger partial charge in [-0.25, -0.2) is 14.5 Å². The Balaban J connectivity index is 1.56. The van der Waals surface area contributed by atoms with Crippen LogP contribution >= 0.6 is 22.9 Å². The van der Waals surface area contributed by atoms with Gasteiger partial charge < -0.3 is 4.74 Å². The summed E-state index contributed by atoms with van der Waals surface area (Å²) in [6.07, 6.45) is 3.75. The van der Waals surface area contributed by atoms with Crippen LogP contribution in [0, 0.1) is 6.92 Å². The van der Waals surface area contributed by atoms with E-state index in [9.17, 15) is 9.59 Å². The van der Waals surface area contributed by atoms with Crippen LogP contribution in [0.5, 0.6) is 0 Å². The Morgan fingerprint density at radius 1 is 1.02 bits per heavy atom. The molecule has 1 aliphatic rings. The van der Waals surface area contributed by atoms with Gasteiger partial charge in [-0.1, -0.05) is 83.1 Å². The fourth-order valence-electron chi connectivity index (χ4n) is 5.03. The second kappa shape index (κ2) is 11.4. The molecule has 7 nitrogen and oxygen atoms in total. The molecule has 210 valence electrons. The van der Waals surface area contributed by atoms with E-state index in [0.717, 1.165) is 27.9 Å². The van der Waals surface area contributed by atoms with E-state index in [1.165, 1.54) is 11.3 Å². The van der Waals surface area contributed by atoms with Crippen molar-refractivity contribution in [1.29, 1.82) is 0 Å². The van der Waals surface area contributed by atoms with Crippen LogP contribution in [0.25, 0.3) is 23.0 Å². The highest BCUT2D eigenvalue weighted by molar-refractivity contribution is 7.07. The minimum absolute atomic E-state index is 0.222. The summed E-state index contributed by atoms with van der Waals surface area (Å²) in [7, 11) is 0. The lowest BCUT2D eigenvalue weighted by Gasteiger charge is -2.24. The number of hydrogen-bond donors (Lipinski definition) is 0. The first-order chi connectivity index (χ1) is 20.3. The second-order valence-electron chi connectivity index (χ2n) is 9.93. The molecule has 6 rings (SSSR count). The van der Waals surface area contributed by atoms with E-state index < -0.39 is 12.0 Å². The summed E-state index contributed by atoms with van der Waals surface area (Å²) >= 11 is 7.45. The Bertz CT molecular complexity index is 2000. The van der Waals surface area contributed by atoms with Crippen molar-refractivity contribution in [2.45, 2.75) is 26.8 Å². The minimum Gasteiger partial charge on any atom is -0.463 e. The molecule has 9 heteroatoms. The zero-order chi connectivity index (χ0) is 29.4. The number of ether oxygens (including phenoxy) is 1. The van der Waals surface area contributed by atoms with Gasteiger partial charge in [0.2, 0.25) is 0 Å². The molecule has 42 heavy (non-hydrogen) atoms. The summed E-state index contributed by atoms with van der Waals surface area (Å²) in [6.45, 7) is 5.76. The number of benzene rings is 3. The quantitative estimate of drug-likeness (QED) is 0.239. The third-order valence-electron chi connectivity index (χ3n) is 7.08. The van der Waals surface area contributed by atoms with Crippen molar-refractivity contribution in [3.8, 4) is 16.9 Å². The van der Waals surface area contributed by atoms with Gasteiger partial charge in [-0.3, -0.25) is 9.36 Å². The van der Waals surface area contributed by atoms with E-state index in [1.54, 1.807) is 23.1 Å². The first kappa shape index (κ1) is 27.6. The number of carbonyl (C=O) groups is 1. The maximum Gasteiger partial charge on any atom is 0.338 e. The molecule has 0 N–H and O–H groups in total. The summed E-state index contributed by atoms with van der Waals surface area (Å²) in [6, 6.07) is 24.4. The number of esters is 1. The number of aromatic nitrogens is 3. The van der Waals surface area contributed by atoms with Crippen LogP contribution in [0.15, 0.2) is 106 Å². The van der Waals surface area contributed by atoms with Crippen LogP contribution < -0.4 is 14.9 Å². The molecule has 0 bridgehead atoms. The predicted molar refractivity (Wildman–Crippen MR) is 166 cm³/mol. The molecule has 1 aliphatic heterocycles. The van der Waals surface area contributed by atoms with E-state index in [1.807, 2.05) is 98.1 Å². The average Bonchev–Trinajstić information content (AvgIpc) is 3.54. The van der Waals surface area contributed by atoms with Gasteiger partial charge in [0, 0.05) is 22.3 Å². The second-order valence-corrected chi connectivity index (χ2v) is 11.4. The largest absolute Gasteiger partial charge is 0.463 e. The lowest BCUT2D eigenvalue weighted by atomic mass is 9.95. The predicted octanol–water partition coefficient (Wildman–Crippen LogP) is 5.61. The van der Waals surface area contributed by atoms with Crippen molar-refractivity contribution >= 4 is 35.0 Å². The van der Waals surface area contributed by atoms with Crippen LogP contribution in [-0.4, -0.2) is 26.9 Å². The van der Waals surface area contributed by atoms with Crippen molar-refractivity contribution in [2.75, 3.05) is 6.61 Å². The number of fused-ring (bicyclic) bond motifs is 1. The SMILES string of the molecule is CCOC(=O)C1=C(C)N=c2s/c(=C/c3cn(-c4ccccc4)nc3-c3ccc(Cl)cc3)c(=O)n2[C@H]1c1ccc(C)cc1. The van der Waals surface area contributed by atoms with Crippen molar-refractivity contribution in [3.63, 3.8) is 0 Å². The Labute approximate surface area is 251 Å². The van der Waals surface area contributed by atoms with Gasteiger partial charge in [0.25, 0.3) is 5.56 Å². The number of allylic oxidation sites excluding steroid dienone is 1. The fraction of sp³-hybridized carbons (Fsp3) is 0.152. The highest BCUT2D eigenvalue weighted by atomic mass is 35.5. The van der Waals surface area contributed by atoms with Crippen LogP contribution in [0.1, 0.15) is 36.6 Å². The van der Waals surface area contributed by atoms with E-state index in [0.29, 0.717) is 31.3 Å². The Hall–Kier alpha value is -4.53. The number of nitrogens with zero attached hydrogens (tertiary/aromatic N) is 4. The standard InChI is InChI=1S/C33H27ClN4O3S/c1-4-41-32(40)28-21(3)35-33-38(30(28)23-12-10-20(2)11-13-23)31(39)27(42-33)18-24-19-37(26-8-6-5-7-9-26)36-29(24)22-14-16-25(34)17-15-22/h5-19,30H,4H2,1-3H3/b27-18+/t30-/m0/s1. The molecular formula is C33H27ClN4O3S. The number of rotatable bonds is 6. The number of aryl methyl sites for hydroxylation is 1. The van der Waals surface area contributed by atoms with E-state index in [4.69, 9.17) is 26.4 Å². The number of carbonyl (C=O) groups excluding carboxylic acids is 1. The summed E-state index contributed by atoms with van der Waals surface area (Å²) in [4.78, 5) is 32.5. The third-order valence-corrected chi connectivity index (χ3v) is 8.31. The molecule has 2 aromatic heterocycles. The lowest BCUT2D eigenvalue weighted by Crippen LogP contribution is -2.39. The van der Waals surface area contributed by atoms with Crippen molar-refractivity contribution < 1.29 is 9.53 Å². The highest BCUT2D eigenvalue weighted by Crippen LogP contribution is 2.31. The van der Waals surface area contributed by atoms with Gasteiger partial charge in [0.15, 0.2) is 4.80 Å². The van der Waals surface area contributed by atoms with Gasteiger partial charge >= 0.3 is 5.97 Å². The summed E-state index contributed by atoms with van der Waals surface area (Å²) in [5.41, 5.74) is 5.77. The smallest absolute Gasteiger partial charge is 0.338 e. The number of halogens is 1. The Kier molecular flexibility index (Phi) is 7.49. The molecule has 3 aromatic carbocycles. The molecule has 0 amide bonds. The fourth-order valence-corrected chi connectivity index (χ4v) is 6.20. The molecular weight excluding hydrogens is 568 g/mol. The van der Waals surface area contributed by atoms with Crippen LogP contribution in [0.3, 0.4) is 0 Å². The number of para-hydroxylation sites is 1. The summed E-state index contributed by atoms with van der Waals surface area (Å²) < 4.78 is 9.28. The minimum atomic E-state index is -0.661. The first-order valence-corrected chi connectivity index (χ1v) is 14.7. The normalized spacial score (nSPS) is 15.0. The molecule has 3 heterocycles. The van der Waals surface area contributed by atoms with Gasteiger partial charge in [-0.2, -0.15) is 5.10 Å². The Morgan fingerprint density at radius 3 is 2.43 bits per heavy atom. The summed E-state index contributed by atoms with van der Waals surface area (Å²) in [5, 5.41) is 5.50. The number of hydrogen-bond acceptors (Lipinski definition) is 6. The van der Waals surface area contributed by atoms with Gasteiger partial charge in [0.1, 0.15) is 5.69 Å². The van der Waals surface area contributed by atoms with Crippen LogP contribution in [-0.2, 0) is 9.53 Å². The maximum absolute atomic E-state index is 14.1. The third kappa shape index (κ3) is 5.15. The van der Waals surface area contributed by atoms with Crippen molar-refractivity contribution in [2.24, 2.45) is 4.99 Å². The van der Waals surface area contributed by atoms with Crippen molar-refractivity contribution in [1.82, 2.24) is 14.3 Å². The number of thiazole rings is 1. The monoisotopic (exact) mass is 594 g/mol. The molecule has 0 saturated carbocycles. The average molecular weight is 595 g/mol. The van der Waals surface area contributed by atoms with Crippen LogP contribution in [0.2, 0.25) is 5.02 Å². The lowest BCUT2D eigenvalue weighted by molar-refractivity contribution is -0.139. The van der Waals surface area contributed by atoms with Gasteiger partial charge in [0.05, 0.1) is 34.1 Å². The highest BCUT2D eigenvalue weighted by Gasteiger charge is 2.33. The molecule has 0 spiro atoms. The molecule has 0 radical (unpaired) electrons. The van der Waals surface area contributed by atoms with Gasteiger partial charge in [-0.15, -0.1) is 0 Å². The molecule has 5 aromatic rings. The Morgan fingerprint density at radius 2 is 1.74 bits per heavy atom. The molecule has 0 saturated heterocycles. The van der Waals surface area contributed by atoms with E-state index in [-0.39, 0.29) is 12.2 Å². The molecule has 1 atom stereocenters. The summed E-state index contributed by atoms with van der Waals surface area (Å²) in [5.74, 6) is -0.479. The maximum atomic E-state index is 14.1. The zero-order valence-electron chi connectivity index (χ0n) is 23.2. The van der Waals surface area contributed by atoms with E-state index >= 15 is 0 Å². The van der Waals surface area contributed by atoms with E-state index in [2.05, 4.69) is 0 Å². The topological polar surface area (TPSA) is 78.5 Å². The van der Waals surface area contributed by atoms with Gasteiger partial charge in [-0.05, 0) is 56.7 Å². The molecule has 0 fully saturated rings. The zero-order valence-corrected chi connectivity index (χ0v) is 24.8. The first-order valence-electron chi connectivity index (χ1n) is 13.5. The molecule has 0 aliphatic carbocycles. The van der Waals surface area contributed by atoms with Crippen molar-refractivity contribution in [3.05, 3.63) is 138 Å². The van der Waals surface area contributed by atoms with Crippen LogP contribution in [0.4, 0.5) is 0 Å².